The van der Waals surface area contributed by atoms with Crippen molar-refractivity contribution >= 4 is 11.6 Å². The van der Waals surface area contributed by atoms with Gasteiger partial charge in [0.1, 0.15) is 5.82 Å². The van der Waals surface area contributed by atoms with Gasteiger partial charge < -0.3 is 4.57 Å². The molecule has 2 aromatic rings. The Balaban J connectivity index is 2.35. The van der Waals surface area contributed by atoms with Crippen LogP contribution in [0.1, 0.15) is 11.1 Å². The second kappa shape index (κ2) is 4.72. The van der Waals surface area contributed by atoms with Crippen LogP contribution < -0.4 is 5.56 Å². The van der Waals surface area contributed by atoms with Gasteiger partial charge in [-0.3, -0.25) is 4.79 Å². The number of benzene rings is 1. The Kier molecular flexibility index (Phi) is 3.29. The van der Waals surface area contributed by atoms with E-state index < -0.39 is 5.82 Å². The highest BCUT2D eigenvalue weighted by Crippen LogP contribution is 2.15. The van der Waals surface area contributed by atoms with Gasteiger partial charge in [-0.05, 0) is 30.7 Å². The average molecular weight is 252 g/mol. The minimum atomic E-state index is -0.468. The number of aromatic nitrogens is 1. The molecule has 0 bridgehead atoms. The molecule has 0 atom stereocenters. The maximum absolute atomic E-state index is 13.2. The van der Waals surface area contributed by atoms with Crippen LogP contribution in [0.15, 0.2) is 41.3 Å². The number of nitrogens with zero attached hydrogens (tertiary/aromatic N) is 1. The molecule has 0 N–H and O–H groups in total. The Hall–Kier alpha value is -1.61. The first-order valence-electron chi connectivity index (χ1n) is 5.18. The number of rotatable bonds is 2. The molecule has 0 aliphatic rings. The summed E-state index contributed by atoms with van der Waals surface area (Å²) >= 11 is 5.60. The van der Waals surface area contributed by atoms with Crippen molar-refractivity contribution in [1.82, 2.24) is 4.57 Å². The molecule has 1 heterocycles. The van der Waals surface area contributed by atoms with Gasteiger partial charge in [-0.2, -0.15) is 0 Å². The van der Waals surface area contributed by atoms with Crippen LogP contribution in [0.5, 0.6) is 0 Å². The molecule has 0 aliphatic carbocycles. The zero-order valence-electron chi connectivity index (χ0n) is 9.28. The lowest BCUT2D eigenvalue weighted by Gasteiger charge is -2.07. The van der Waals surface area contributed by atoms with Gasteiger partial charge in [-0.25, -0.2) is 4.39 Å². The van der Waals surface area contributed by atoms with Crippen molar-refractivity contribution in [3.63, 3.8) is 0 Å². The summed E-state index contributed by atoms with van der Waals surface area (Å²) in [6, 6.07) is 8.09. The lowest BCUT2D eigenvalue weighted by Crippen LogP contribution is -2.21. The Labute approximate surface area is 103 Å². The molecule has 0 radical (unpaired) electrons. The van der Waals surface area contributed by atoms with Crippen molar-refractivity contribution < 1.29 is 4.39 Å². The van der Waals surface area contributed by atoms with Crippen LogP contribution >= 0.6 is 11.6 Å². The topological polar surface area (TPSA) is 22.0 Å². The second-order valence-corrected chi connectivity index (χ2v) is 4.28. The molecule has 0 unspecified atom stereocenters. The largest absolute Gasteiger partial charge is 0.311 e. The van der Waals surface area contributed by atoms with Crippen molar-refractivity contribution in [1.29, 1.82) is 0 Å². The average Bonchev–Trinajstić information content (AvgIpc) is 2.30. The maximum atomic E-state index is 13.2. The Bertz CT molecular complexity index is 607. The monoisotopic (exact) mass is 251 g/mol. The molecule has 88 valence electrons. The van der Waals surface area contributed by atoms with Crippen molar-refractivity contribution in [3.8, 4) is 0 Å². The fraction of sp³-hybridized carbons (Fsp3) is 0.154. The lowest BCUT2D eigenvalue weighted by molar-refractivity contribution is 0.623. The SMILES string of the molecule is Cc1cccn(Cc2ccc(Cl)c(F)c2)c1=O. The normalized spacial score (nSPS) is 10.5. The fourth-order valence-corrected chi connectivity index (χ4v) is 1.73. The summed E-state index contributed by atoms with van der Waals surface area (Å²) in [6.07, 6.45) is 1.68. The number of halogens is 2. The minimum absolute atomic E-state index is 0.0668. The van der Waals surface area contributed by atoms with Crippen LogP contribution in [0.25, 0.3) is 0 Å². The third-order valence-corrected chi connectivity index (χ3v) is 2.85. The third-order valence-electron chi connectivity index (χ3n) is 2.55. The highest BCUT2D eigenvalue weighted by Gasteiger charge is 2.03. The fourth-order valence-electron chi connectivity index (χ4n) is 1.62. The lowest BCUT2D eigenvalue weighted by atomic mass is 10.2. The van der Waals surface area contributed by atoms with E-state index in [1.54, 1.807) is 31.3 Å². The first-order chi connectivity index (χ1) is 8.08. The summed E-state index contributed by atoms with van der Waals surface area (Å²) in [4.78, 5) is 11.8. The Morgan fingerprint density at radius 2 is 2.12 bits per heavy atom. The van der Waals surface area contributed by atoms with Crippen LogP contribution in [0.3, 0.4) is 0 Å². The van der Waals surface area contributed by atoms with Crippen LogP contribution in [0.4, 0.5) is 4.39 Å². The molecule has 2 rings (SSSR count). The van der Waals surface area contributed by atoms with Crippen molar-refractivity contribution in [2.24, 2.45) is 0 Å². The third kappa shape index (κ3) is 2.56. The molecule has 0 fully saturated rings. The summed E-state index contributed by atoms with van der Waals surface area (Å²) in [7, 11) is 0. The Morgan fingerprint density at radius 1 is 1.35 bits per heavy atom. The molecule has 0 aliphatic heterocycles. The number of aryl methyl sites for hydroxylation is 1. The van der Waals surface area contributed by atoms with Gasteiger partial charge in [0.2, 0.25) is 0 Å². The molecule has 0 spiro atoms. The van der Waals surface area contributed by atoms with Crippen LogP contribution in [-0.2, 0) is 6.54 Å². The van der Waals surface area contributed by atoms with E-state index in [1.165, 1.54) is 16.7 Å². The smallest absolute Gasteiger partial charge is 0.253 e. The molecule has 2 nitrogen and oxygen atoms in total. The molecule has 0 saturated carbocycles. The summed E-state index contributed by atoms with van der Waals surface area (Å²) in [5, 5.41) is 0.0883. The van der Waals surface area contributed by atoms with Gasteiger partial charge in [-0.1, -0.05) is 23.7 Å². The molecule has 4 heteroatoms. The standard InChI is InChI=1S/C13H11ClFNO/c1-9-3-2-6-16(13(9)17)8-10-4-5-11(14)12(15)7-10/h2-7H,8H2,1H3. The zero-order valence-corrected chi connectivity index (χ0v) is 10.0. The van der Waals surface area contributed by atoms with E-state index in [0.717, 1.165) is 0 Å². The molecular formula is C13H11ClFNO. The van der Waals surface area contributed by atoms with E-state index in [-0.39, 0.29) is 10.6 Å². The van der Waals surface area contributed by atoms with E-state index >= 15 is 0 Å². The van der Waals surface area contributed by atoms with Crippen LogP contribution in [0.2, 0.25) is 5.02 Å². The van der Waals surface area contributed by atoms with Gasteiger partial charge in [0, 0.05) is 11.8 Å². The van der Waals surface area contributed by atoms with Gasteiger partial charge in [0.25, 0.3) is 5.56 Å². The van der Waals surface area contributed by atoms with Crippen molar-refractivity contribution in [3.05, 3.63) is 68.8 Å². The maximum Gasteiger partial charge on any atom is 0.253 e. The quantitative estimate of drug-likeness (QED) is 0.804. The summed E-state index contributed by atoms with van der Waals surface area (Å²) < 4.78 is 14.8. The second-order valence-electron chi connectivity index (χ2n) is 3.87. The van der Waals surface area contributed by atoms with E-state index in [1.807, 2.05) is 0 Å². The first-order valence-corrected chi connectivity index (χ1v) is 5.56. The molecule has 0 saturated heterocycles. The van der Waals surface area contributed by atoms with Crippen molar-refractivity contribution in [2.75, 3.05) is 0 Å². The van der Waals surface area contributed by atoms with Crippen LogP contribution in [0, 0.1) is 12.7 Å². The van der Waals surface area contributed by atoms with Crippen LogP contribution in [-0.4, -0.2) is 4.57 Å². The van der Waals surface area contributed by atoms with Gasteiger partial charge in [-0.15, -0.1) is 0 Å². The first kappa shape index (κ1) is 11.9. The summed E-state index contributed by atoms with van der Waals surface area (Å²) in [5.74, 6) is -0.468. The van der Waals surface area contributed by atoms with Gasteiger partial charge >= 0.3 is 0 Å². The molecule has 17 heavy (non-hydrogen) atoms. The summed E-state index contributed by atoms with van der Waals surface area (Å²) in [6.45, 7) is 2.09. The zero-order chi connectivity index (χ0) is 12.4. The number of pyridine rings is 1. The minimum Gasteiger partial charge on any atom is -0.311 e. The summed E-state index contributed by atoms with van der Waals surface area (Å²) in [5.41, 5.74) is 1.31. The highest BCUT2D eigenvalue weighted by molar-refractivity contribution is 6.30. The molecular weight excluding hydrogens is 241 g/mol. The molecule has 1 aromatic heterocycles. The predicted molar refractivity (Wildman–Crippen MR) is 66.0 cm³/mol. The van der Waals surface area contributed by atoms with Gasteiger partial charge in [0.05, 0.1) is 11.6 Å². The number of hydrogen-bond donors (Lipinski definition) is 0. The highest BCUT2D eigenvalue weighted by atomic mass is 35.5. The van der Waals surface area contributed by atoms with Gasteiger partial charge in [0.15, 0.2) is 0 Å². The Morgan fingerprint density at radius 3 is 2.82 bits per heavy atom. The van der Waals surface area contributed by atoms with E-state index in [4.69, 9.17) is 11.6 Å². The van der Waals surface area contributed by atoms with E-state index in [0.29, 0.717) is 17.7 Å². The van der Waals surface area contributed by atoms with E-state index in [2.05, 4.69) is 0 Å². The predicted octanol–water partition coefficient (Wildman–Crippen LogP) is 3.00. The van der Waals surface area contributed by atoms with E-state index in [9.17, 15) is 9.18 Å². The van der Waals surface area contributed by atoms with Crippen molar-refractivity contribution in [2.45, 2.75) is 13.5 Å². The molecule has 0 amide bonds. The molecule has 1 aromatic carbocycles. The number of hydrogen-bond acceptors (Lipinski definition) is 1.